The Hall–Kier alpha value is -2.55. The van der Waals surface area contributed by atoms with Crippen molar-refractivity contribution in [2.24, 2.45) is 0 Å². The monoisotopic (exact) mass is 279 g/mol. The van der Waals surface area contributed by atoms with Crippen molar-refractivity contribution in [2.45, 2.75) is 19.0 Å². The minimum atomic E-state index is -0.330. The van der Waals surface area contributed by atoms with Crippen molar-refractivity contribution in [3.05, 3.63) is 84.1 Å². The molecule has 2 aromatic rings. The fourth-order valence-electron chi connectivity index (χ4n) is 2.60. The van der Waals surface area contributed by atoms with Crippen molar-refractivity contribution in [3.8, 4) is 0 Å². The van der Waals surface area contributed by atoms with Gasteiger partial charge in [0.1, 0.15) is 5.76 Å². The summed E-state index contributed by atoms with van der Waals surface area (Å²) in [5.41, 5.74) is 2.19. The summed E-state index contributed by atoms with van der Waals surface area (Å²) in [5.74, 6) is 0.526. The van der Waals surface area contributed by atoms with Gasteiger partial charge in [-0.1, -0.05) is 67.2 Å². The number of carbonyl (C=O) groups is 1. The SMILES string of the molecule is C=C1CC(c2ccccc2)N(Cc2ccccc2)C(=O)O1. The summed E-state index contributed by atoms with van der Waals surface area (Å²) >= 11 is 0. The Morgan fingerprint density at radius 1 is 1.05 bits per heavy atom. The minimum absolute atomic E-state index is 0.0276. The van der Waals surface area contributed by atoms with Crippen LogP contribution in [0.2, 0.25) is 0 Å². The minimum Gasteiger partial charge on any atom is -0.415 e. The van der Waals surface area contributed by atoms with Crippen LogP contribution in [0.1, 0.15) is 23.6 Å². The zero-order valence-electron chi connectivity index (χ0n) is 11.7. The van der Waals surface area contributed by atoms with E-state index < -0.39 is 0 Å². The van der Waals surface area contributed by atoms with E-state index in [0.29, 0.717) is 18.7 Å². The molecule has 0 bridgehead atoms. The number of cyclic esters (lactones) is 1. The molecular formula is C18H17NO2. The Balaban J connectivity index is 1.90. The van der Waals surface area contributed by atoms with Crippen molar-refractivity contribution < 1.29 is 9.53 Å². The van der Waals surface area contributed by atoms with Crippen LogP contribution >= 0.6 is 0 Å². The van der Waals surface area contributed by atoms with Gasteiger partial charge < -0.3 is 4.74 Å². The van der Waals surface area contributed by atoms with Crippen LogP contribution in [0, 0.1) is 0 Å². The number of hydrogen-bond donors (Lipinski definition) is 0. The standard InChI is InChI=1S/C18H17NO2/c1-14-12-17(16-10-6-3-7-11-16)19(18(20)21-14)13-15-8-4-2-5-9-15/h2-11,17H,1,12-13H2. The molecule has 1 saturated heterocycles. The second-order valence-electron chi connectivity index (χ2n) is 5.15. The summed E-state index contributed by atoms with van der Waals surface area (Å²) in [4.78, 5) is 14.0. The fourth-order valence-corrected chi connectivity index (χ4v) is 2.60. The molecular weight excluding hydrogens is 262 g/mol. The van der Waals surface area contributed by atoms with Crippen LogP contribution in [0.15, 0.2) is 73.0 Å². The Kier molecular flexibility index (Phi) is 3.73. The van der Waals surface area contributed by atoms with Gasteiger partial charge in [0.05, 0.1) is 6.04 Å². The van der Waals surface area contributed by atoms with E-state index in [1.54, 1.807) is 4.90 Å². The average molecular weight is 279 g/mol. The van der Waals surface area contributed by atoms with Gasteiger partial charge in [0.2, 0.25) is 0 Å². The van der Waals surface area contributed by atoms with E-state index in [-0.39, 0.29) is 12.1 Å². The maximum absolute atomic E-state index is 12.2. The number of amides is 1. The van der Waals surface area contributed by atoms with Gasteiger partial charge in [-0.15, -0.1) is 0 Å². The summed E-state index contributed by atoms with van der Waals surface area (Å²) in [6.45, 7) is 4.35. The molecule has 1 atom stereocenters. The van der Waals surface area contributed by atoms with E-state index in [9.17, 15) is 4.79 Å². The normalized spacial score (nSPS) is 18.5. The molecule has 21 heavy (non-hydrogen) atoms. The van der Waals surface area contributed by atoms with Crippen LogP contribution < -0.4 is 0 Å². The third-order valence-corrected chi connectivity index (χ3v) is 3.64. The zero-order valence-corrected chi connectivity index (χ0v) is 11.7. The first-order valence-corrected chi connectivity index (χ1v) is 6.99. The highest BCUT2D eigenvalue weighted by Gasteiger charge is 2.32. The van der Waals surface area contributed by atoms with E-state index in [1.807, 2.05) is 60.7 Å². The molecule has 3 rings (SSSR count). The Morgan fingerprint density at radius 3 is 2.33 bits per heavy atom. The third-order valence-electron chi connectivity index (χ3n) is 3.64. The van der Waals surface area contributed by atoms with Crippen molar-refractivity contribution >= 4 is 6.09 Å². The molecule has 0 saturated carbocycles. The highest BCUT2D eigenvalue weighted by Crippen LogP contribution is 2.34. The number of nitrogens with zero attached hydrogens (tertiary/aromatic N) is 1. The maximum atomic E-state index is 12.2. The molecule has 1 fully saturated rings. The topological polar surface area (TPSA) is 29.5 Å². The van der Waals surface area contributed by atoms with E-state index >= 15 is 0 Å². The quantitative estimate of drug-likeness (QED) is 0.839. The number of hydrogen-bond acceptors (Lipinski definition) is 2. The molecule has 2 aromatic carbocycles. The molecule has 1 aliphatic heterocycles. The Morgan fingerprint density at radius 2 is 1.67 bits per heavy atom. The number of ether oxygens (including phenoxy) is 1. The zero-order chi connectivity index (χ0) is 14.7. The molecule has 1 amide bonds. The Labute approximate surface area is 124 Å². The highest BCUT2D eigenvalue weighted by molar-refractivity contribution is 5.71. The largest absolute Gasteiger partial charge is 0.415 e. The molecule has 0 radical (unpaired) electrons. The fraction of sp³-hybridized carbons (Fsp3) is 0.167. The summed E-state index contributed by atoms with van der Waals surface area (Å²) in [5, 5.41) is 0. The first kappa shape index (κ1) is 13.4. The lowest BCUT2D eigenvalue weighted by atomic mass is 9.99. The lowest BCUT2D eigenvalue weighted by Gasteiger charge is -2.36. The van der Waals surface area contributed by atoms with Gasteiger partial charge in [-0.25, -0.2) is 4.79 Å². The number of carbonyl (C=O) groups excluding carboxylic acids is 1. The van der Waals surface area contributed by atoms with Gasteiger partial charge in [-0.2, -0.15) is 0 Å². The smallest absolute Gasteiger partial charge is 0.415 e. The summed E-state index contributed by atoms with van der Waals surface area (Å²) in [6, 6.07) is 19.9. The predicted molar refractivity (Wildman–Crippen MR) is 81.4 cm³/mol. The van der Waals surface area contributed by atoms with E-state index in [0.717, 1.165) is 11.1 Å². The van der Waals surface area contributed by atoms with Crippen molar-refractivity contribution in [1.29, 1.82) is 0 Å². The van der Waals surface area contributed by atoms with Crippen molar-refractivity contribution in [2.75, 3.05) is 0 Å². The van der Waals surface area contributed by atoms with Gasteiger partial charge in [-0.05, 0) is 11.1 Å². The van der Waals surface area contributed by atoms with Crippen LogP contribution in [0.25, 0.3) is 0 Å². The summed E-state index contributed by atoms with van der Waals surface area (Å²) < 4.78 is 5.22. The first-order valence-electron chi connectivity index (χ1n) is 6.99. The van der Waals surface area contributed by atoms with Gasteiger partial charge in [0, 0.05) is 13.0 Å². The van der Waals surface area contributed by atoms with Gasteiger partial charge in [0.15, 0.2) is 0 Å². The molecule has 1 heterocycles. The van der Waals surface area contributed by atoms with Crippen LogP contribution in [0.3, 0.4) is 0 Å². The summed E-state index contributed by atoms with van der Waals surface area (Å²) in [7, 11) is 0. The van der Waals surface area contributed by atoms with E-state index in [4.69, 9.17) is 4.74 Å². The molecule has 3 heteroatoms. The van der Waals surface area contributed by atoms with Gasteiger partial charge in [-0.3, -0.25) is 4.90 Å². The van der Waals surface area contributed by atoms with Crippen LogP contribution in [-0.2, 0) is 11.3 Å². The first-order chi connectivity index (χ1) is 10.2. The molecule has 0 N–H and O–H groups in total. The molecule has 3 nitrogen and oxygen atoms in total. The lowest BCUT2D eigenvalue weighted by Crippen LogP contribution is -2.38. The molecule has 0 aromatic heterocycles. The second kappa shape index (κ2) is 5.83. The Bertz CT molecular complexity index is 637. The van der Waals surface area contributed by atoms with Crippen LogP contribution in [-0.4, -0.2) is 11.0 Å². The van der Waals surface area contributed by atoms with E-state index in [2.05, 4.69) is 6.58 Å². The maximum Gasteiger partial charge on any atom is 0.415 e. The van der Waals surface area contributed by atoms with Crippen molar-refractivity contribution in [3.63, 3.8) is 0 Å². The molecule has 0 aliphatic carbocycles. The summed E-state index contributed by atoms with van der Waals surface area (Å²) in [6.07, 6.45) is 0.298. The predicted octanol–water partition coefficient (Wildman–Crippen LogP) is 4.28. The second-order valence-corrected chi connectivity index (χ2v) is 5.15. The molecule has 106 valence electrons. The molecule has 1 unspecified atom stereocenters. The van der Waals surface area contributed by atoms with Gasteiger partial charge >= 0.3 is 6.09 Å². The van der Waals surface area contributed by atoms with E-state index in [1.165, 1.54) is 0 Å². The molecule has 0 spiro atoms. The van der Waals surface area contributed by atoms with Gasteiger partial charge in [0.25, 0.3) is 0 Å². The van der Waals surface area contributed by atoms with Crippen molar-refractivity contribution in [1.82, 2.24) is 4.90 Å². The number of rotatable bonds is 3. The third kappa shape index (κ3) is 2.97. The van der Waals surface area contributed by atoms with Crippen LogP contribution in [0.5, 0.6) is 0 Å². The highest BCUT2D eigenvalue weighted by atomic mass is 16.6. The lowest BCUT2D eigenvalue weighted by molar-refractivity contribution is 0.0725. The van der Waals surface area contributed by atoms with Crippen LogP contribution in [0.4, 0.5) is 4.79 Å². The molecule has 1 aliphatic rings. The number of benzene rings is 2. The average Bonchev–Trinajstić information content (AvgIpc) is 2.51.